The molecule has 1 N–H and O–H groups in total. The minimum atomic E-state index is -0.419. The van der Waals surface area contributed by atoms with Crippen LogP contribution in [-0.4, -0.2) is 30.2 Å². The average Bonchev–Trinajstić information content (AvgIpc) is 1.97. The normalized spacial score (nSPS) is 13.4. The van der Waals surface area contributed by atoms with Crippen molar-refractivity contribution >= 4 is 5.78 Å². The minimum Gasteiger partial charge on any atom is -0.390 e. The van der Waals surface area contributed by atoms with E-state index in [2.05, 4.69) is 0 Å². The lowest BCUT2D eigenvalue weighted by atomic mass is 10.1. The molecule has 0 fully saturated rings. The maximum absolute atomic E-state index is 10.5. The Balaban J connectivity index is 3.25. The van der Waals surface area contributed by atoms with Crippen LogP contribution in [0.1, 0.15) is 27.2 Å². The van der Waals surface area contributed by atoms with Crippen molar-refractivity contribution in [3.63, 3.8) is 0 Å². The second-order valence-corrected chi connectivity index (χ2v) is 3.34. The van der Waals surface area contributed by atoms with E-state index < -0.39 is 6.10 Å². The van der Waals surface area contributed by atoms with Gasteiger partial charge in [0.25, 0.3) is 0 Å². The molecule has 0 amide bonds. The Hall–Kier alpha value is -0.410. The van der Waals surface area contributed by atoms with Gasteiger partial charge in [0.1, 0.15) is 5.78 Å². The van der Waals surface area contributed by atoms with Crippen molar-refractivity contribution < 1.29 is 14.6 Å². The zero-order valence-corrected chi connectivity index (χ0v) is 8.04. The van der Waals surface area contributed by atoms with Gasteiger partial charge in [-0.05, 0) is 12.8 Å². The first-order chi connectivity index (χ1) is 5.54. The van der Waals surface area contributed by atoms with Crippen molar-refractivity contribution in [3.05, 3.63) is 0 Å². The molecular formula is C9H18O3. The van der Waals surface area contributed by atoms with E-state index in [0.717, 1.165) is 0 Å². The molecule has 0 saturated heterocycles. The summed E-state index contributed by atoms with van der Waals surface area (Å²) in [5.41, 5.74) is 0. The van der Waals surface area contributed by atoms with Gasteiger partial charge in [-0.25, -0.2) is 0 Å². The smallest absolute Gasteiger partial charge is 0.132 e. The molecule has 0 heterocycles. The van der Waals surface area contributed by atoms with Crippen LogP contribution in [0.4, 0.5) is 0 Å². The molecule has 0 spiro atoms. The van der Waals surface area contributed by atoms with Crippen molar-refractivity contribution in [1.29, 1.82) is 0 Å². The summed E-state index contributed by atoms with van der Waals surface area (Å²) in [5.74, 6) is 0.330. The average molecular weight is 174 g/mol. The number of carbonyl (C=O) groups is 1. The number of ketones is 1. The Bertz CT molecular complexity index is 132. The van der Waals surface area contributed by atoms with Crippen molar-refractivity contribution in [1.82, 2.24) is 0 Å². The molecule has 0 aliphatic carbocycles. The number of rotatable bonds is 6. The Kier molecular flexibility index (Phi) is 5.93. The summed E-state index contributed by atoms with van der Waals surface area (Å²) < 4.78 is 5.10. The SMILES string of the molecule is CC(=O)CCOC[C@@H](O)C(C)C. The van der Waals surface area contributed by atoms with E-state index in [0.29, 0.717) is 19.6 Å². The van der Waals surface area contributed by atoms with Crippen molar-refractivity contribution in [2.75, 3.05) is 13.2 Å². The van der Waals surface area contributed by atoms with Gasteiger partial charge >= 0.3 is 0 Å². The summed E-state index contributed by atoms with van der Waals surface area (Å²) in [5, 5.41) is 9.28. The van der Waals surface area contributed by atoms with Gasteiger partial charge in [-0.3, -0.25) is 4.79 Å². The first-order valence-corrected chi connectivity index (χ1v) is 4.29. The Morgan fingerprint density at radius 2 is 2.08 bits per heavy atom. The Morgan fingerprint density at radius 1 is 1.50 bits per heavy atom. The molecule has 0 bridgehead atoms. The molecule has 12 heavy (non-hydrogen) atoms. The predicted molar refractivity (Wildman–Crippen MR) is 47.0 cm³/mol. The van der Waals surface area contributed by atoms with Crippen LogP contribution in [0.25, 0.3) is 0 Å². The predicted octanol–water partition coefficient (Wildman–Crippen LogP) is 0.999. The summed E-state index contributed by atoms with van der Waals surface area (Å²) in [6, 6.07) is 0. The second-order valence-electron chi connectivity index (χ2n) is 3.34. The number of aliphatic hydroxyl groups excluding tert-OH is 1. The van der Waals surface area contributed by atoms with E-state index >= 15 is 0 Å². The van der Waals surface area contributed by atoms with Crippen molar-refractivity contribution in [3.8, 4) is 0 Å². The molecule has 72 valence electrons. The molecule has 1 atom stereocenters. The van der Waals surface area contributed by atoms with Gasteiger partial charge in [0.2, 0.25) is 0 Å². The van der Waals surface area contributed by atoms with Crippen LogP contribution in [-0.2, 0) is 9.53 Å². The maximum Gasteiger partial charge on any atom is 0.132 e. The molecule has 0 saturated carbocycles. The summed E-state index contributed by atoms with van der Waals surface area (Å²) in [6.45, 7) is 6.13. The molecule has 0 aromatic heterocycles. The monoisotopic (exact) mass is 174 g/mol. The fraction of sp³-hybridized carbons (Fsp3) is 0.889. The van der Waals surface area contributed by atoms with Crippen LogP contribution in [0.3, 0.4) is 0 Å². The van der Waals surface area contributed by atoms with Crippen LogP contribution in [0.15, 0.2) is 0 Å². The van der Waals surface area contributed by atoms with Crippen LogP contribution in [0.5, 0.6) is 0 Å². The third-order valence-corrected chi connectivity index (χ3v) is 1.66. The highest BCUT2D eigenvalue weighted by Gasteiger charge is 2.08. The standard InChI is InChI=1S/C9H18O3/c1-7(2)9(11)6-12-5-4-8(3)10/h7,9,11H,4-6H2,1-3H3/t9-/m1/s1. The molecule has 3 heteroatoms. The molecule has 3 nitrogen and oxygen atoms in total. The van der Waals surface area contributed by atoms with Gasteiger partial charge in [0, 0.05) is 6.42 Å². The molecule has 0 aliphatic rings. The number of Topliss-reactive ketones (excluding diaryl/α,β-unsaturated/α-hetero) is 1. The highest BCUT2D eigenvalue weighted by Crippen LogP contribution is 2.01. The van der Waals surface area contributed by atoms with E-state index in [1.165, 1.54) is 6.92 Å². The molecule has 0 aliphatic heterocycles. The molecular weight excluding hydrogens is 156 g/mol. The number of hydrogen-bond donors (Lipinski definition) is 1. The third-order valence-electron chi connectivity index (χ3n) is 1.66. The Morgan fingerprint density at radius 3 is 2.50 bits per heavy atom. The first kappa shape index (κ1) is 11.6. The lowest BCUT2D eigenvalue weighted by Gasteiger charge is -2.13. The van der Waals surface area contributed by atoms with Crippen molar-refractivity contribution in [2.24, 2.45) is 5.92 Å². The largest absolute Gasteiger partial charge is 0.390 e. The molecule has 0 radical (unpaired) electrons. The van der Waals surface area contributed by atoms with Crippen LogP contribution >= 0.6 is 0 Å². The topological polar surface area (TPSA) is 46.5 Å². The van der Waals surface area contributed by atoms with Crippen molar-refractivity contribution in [2.45, 2.75) is 33.3 Å². The zero-order valence-electron chi connectivity index (χ0n) is 8.04. The summed E-state index contributed by atoms with van der Waals surface area (Å²) >= 11 is 0. The van der Waals surface area contributed by atoms with Gasteiger partial charge in [0.15, 0.2) is 0 Å². The van der Waals surface area contributed by atoms with Crippen LogP contribution in [0.2, 0.25) is 0 Å². The highest BCUT2D eigenvalue weighted by atomic mass is 16.5. The molecule has 0 aromatic carbocycles. The molecule has 0 unspecified atom stereocenters. The lowest BCUT2D eigenvalue weighted by Crippen LogP contribution is -2.22. The van der Waals surface area contributed by atoms with E-state index in [1.807, 2.05) is 13.8 Å². The number of hydrogen-bond acceptors (Lipinski definition) is 3. The van der Waals surface area contributed by atoms with E-state index in [1.54, 1.807) is 0 Å². The van der Waals surface area contributed by atoms with Gasteiger partial charge in [-0.1, -0.05) is 13.8 Å². The van der Waals surface area contributed by atoms with Gasteiger partial charge < -0.3 is 9.84 Å². The number of carbonyl (C=O) groups excluding carboxylic acids is 1. The molecule has 0 aromatic rings. The summed E-state index contributed by atoms with van der Waals surface area (Å²) in [6.07, 6.45) is 0.0158. The van der Waals surface area contributed by atoms with E-state index in [-0.39, 0.29) is 11.7 Å². The molecule has 0 rings (SSSR count). The second kappa shape index (κ2) is 6.14. The Labute approximate surface area is 73.7 Å². The quantitative estimate of drug-likeness (QED) is 0.611. The summed E-state index contributed by atoms with van der Waals surface area (Å²) in [4.78, 5) is 10.5. The summed E-state index contributed by atoms with van der Waals surface area (Å²) in [7, 11) is 0. The number of aliphatic hydroxyl groups is 1. The van der Waals surface area contributed by atoms with Gasteiger partial charge in [0.05, 0.1) is 19.3 Å². The third kappa shape index (κ3) is 6.31. The lowest BCUT2D eigenvalue weighted by molar-refractivity contribution is -0.118. The van der Waals surface area contributed by atoms with E-state index in [4.69, 9.17) is 4.74 Å². The van der Waals surface area contributed by atoms with E-state index in [9.17, 15) is 9.90 Å². The van der Waals surface area contributed by atoms with Gasteiger partial charge in [-0.15, -0.1) is 0 Å². The first-order valence-electron chi connectivity index (χ1n) is 4.29. The zero-order chi connectivity index (χ0) is 9.56. The fourth-order valence-electron chi connectivity index (χ4n) is 0.612. The highest BCUT2D eigenvalue weighted by molar-refractivity contribution is 5.75. The van der Waals surface area contributed by atoms with Gasteiger partial charge in [-0.2, -0.15) is 0 Å². The minimum absolute atomic E-state index is 0.119. The van der Waals surface area contributed by atoms with Crippen LogP contribution < -0.4 is 0 Å². The number of ether oxygens (including phenoxy) is 1. The fourth-order valence-corrected chi connectivity index (χ4v) is 0.612. The maximum atomic E-state index is 10.5. The van der Waals surface area contributed by atoms with Crippen LogP contribution in [0, 0.1) is 5.92 Å².